The molecule has 154 valence electrons. The van der Waals surface area contributed by atoms with E-state index >= 15 is 0 Å². The fourth-order valence-electron chi connectivity index (χ4n) is 2.90. The van der Waals surface area contributed by atoms with Gasteiger partial charge in [0.25, 0.3) is 0 Å². The Morgan fingerprint density at radius 3 is 2.83 bits per heavy atom. The van der Waals surface area contributed by atoms with Gasteiger partial charge in [0, 0.05) is 21.4 Å². The Labute approximate surface area is 195 Å². The van der Waals surface area contributed by atoms with Crippen molar-refractivity contribution >= 4 is 73.5 Å². The van der Waals surface area contributed by atoms with E-state index in [1.807, 2.05) is 35.8 Å². The van der Waals surface area contributed by atoms with Crippen molar-refractivity contribution in [1.29, 1.82) is 0 Å². The summed E-state index contributed by atoms with van der Waals surface area (Å²) in [5.41, 5.74) is 1.24. The lowest BCUT2D eigenvalue weighted by molar-refractivity contribution is -0.113. The Balaban J connectivity index is 1.50. The second kappa shape index (κ2) is 9.01. The molecular weight excluding hydrogens is 511 g/mol. The fraction of sp³-hybridized carbons (Fsp3) is 0.150. The molecule has 4 rings (SSSR count). The van der Waals surface area contributed by atoms with E-state index in [1.54, 1.807) is 18.2 Å². The van der Waals surface area contributed by atoms with Gasteiger partial charge in [-0.2, -0.15) is 0 Å². The maximum Gasteiger partial charge on any atom is 0.234 e. The van der Waals surface area contributed by atoms with Gasteiger partial charge in [-0.15, -0.1) is 10.2 Å². The molecule has 10 heteroatoms. The van der Waals surface area contributed by atoms with E-state index < -0.39 is 0 Å². The zero-order valence-corrected chi connectivity index (χ0v) is 19.6. The van der Waals surface area contributed by atoms with Crippen LogP contribution < -0.4 is 5.32 Å². The third kappa shape index (κ3) is 4.51. The third-order valence-corrected chi connectivity index (χ3v) is 6.29. The standard InChI is InChI=1S/C20H15BrCl2N4O2S/c1-2-27-19(17-8-11-7-12(21)3-6-16(11)29-17)25-26-20(27)30-10-18(28)24-15-9-13(22)4-5-14(15)23/h3-9H,2,10H2,1H3,(H,24,28). The molecule has 0 atom stereocenters. The van der Waals surface area contributed by atoms with Crippen LogP contribution in [-0.4, -0.2) is 26.4 Å². The van der Waals surface area contributed by atoms with Crippen LogP contribution in [0.5, 0.6) is 0 Å². The van der Waals surface area contributed by atoms with Crippen molar-refractivity contribution in [3.63, 3.8) is 0 Å². The first-order valence-electron chi connectivity index (χ1n) is 8.95. The van der Waals surface area contributed by atoms with Gasteiger partial charge in [-0.25, -0.2) is 0 Å². The Morgan fingerprint density at radius 1 is 1.20 bits per heavy atom. The van der Waals surface area contributed by atoms with E-state index in [2.05, 4.69) is 31.4 Å². The second-order valence-electron chi connectivity index (χ2n) is 6.30. The van der Waals surface area contributed by atoms with Gasteiger partial charge in [-0.1, -0.05) is 50.9 Å². The average Bonchev–Trinajstić information content (AvgIpc) is 3.32. The van der Waals surface area contributed by atoms with E-state index in [4.69, 9.17) is 27.6 Å². The lowest BCUT2D eigenvalue weighted by atomic mass is 10.2. The summed E-state index contributed by atoms with van der Waals surface area (Å²) < 4.78 is 8.82. The molecule has 0 aliphatic carbocycles. The van der Waals surface area contributed by atoms with Crippen molar-refractivity contribution in [3.05, 3.63) is 57.0 Å². The molecule has 0 saturated carbocycles. The normalized spacial score (nSPS) is 11.2. The van der Waals surface area contributed by atoms with Crippen molar-refractivity contribution < 1.29 is 9.21 Å². The van der Waals surface area contributed by atoms with Crippen LogP contribution >= 0.6 is 50.9 Å². The summed E-state index contributed by atoms with van der Waals surface area (Å²) in [6.45, 7) is 2.62. The lowest BCUT2D eigenvalue weighted by Gasteiger charge is -2.08. The number of thioether (sulfide) groups is 1. The molecule has 0 bridgehead atoms. The molecule has 2 aromatic carbocycles. The van der Waals surface area contributed by atoms with Crippen LogP contribution in [0.4, 0.5) is 5.69 Å². The lowest BCUT2D eigenvalue weighted by Crippen LogP contribution is -2.15. The van der Waals surface area contributed by atoms with Gasteiger partial charge in [-0.3, -0.25) is 9.36 Å². The minimum atomic E-state index is -0.218. The Hall–Kier alpha value is -2.00. The molecule has 1 N–H and O–H groups in total. The number of furan rings is 1. The number of carbonyl (C=O) groups excluding carboxylic acids is 1. The van der Waals surface area contributed by atoms with Crippen molar-refractivity contribution in [1.82, 2.24) is 14.8 Å². The van der Waals surface area contributed by atoms with E-state index in [9.17, 15) is 4.79 Å². The highest BCUT2D eigenvalue weighted by atomic mass is 79.9. The average molecular weight is 526 g/mol. The number of halogens is 3. The number of nitrogens with one attached hydrogen (secondary N) is 1. The summed E-state index contributed by atoms with van der Waals surface area (Å²) in [5.74, 6) is 1.17. The molecule has 0 aliphatic rings. The first kappa shape index (κ1) is 21.2. The van der Waals surface area contributed by atoms with E-state index in [-0.39, 0.29) is 11.7 Å². The predicted octanol–water partition coefficient (Wildman–Crippen LogP) is 6.51. The largest absolute Gasteiger partial charge is 0.453 e. The topological polar surface area (TPSA) is 73.0 Å². The second-order valence-corrected chi connectivity index (χ2v) is 9.01. The molecule has 0 radical (unpaired) electrons. The summed E-state index contributed by atoms with van der Waals surface area (Å²) in [4.78, 5) is 12.4. The number of amides is 1. The maximum absolute atomic E-state index is 12.4. The van der Waals surface area contributed by atoms with Crippen LogP contribution in [-0.2, 0) is 11.3 Å². The van der Waals surface area contributed by atoms with Gasteiger partial charge in [-0.05, 0) is 49.4 Å². The van der Waals surface area contributed by atoms with Gasteiger partial charge in [0.1, 0.15) is 5.58 Å². The number of rotatable bonds is 6. The van der Waals surface area contributed by atoms with Gasteiger partial charge in [0.2, 0.25) is 11.7 Å². The van der Waals surface area contributed by atoms with E-state index in [0.29, 0.717) is 39.0 Å². The molecule has 2 heterocycles. The monoisotopic (exact) mass is 524 g/mol. The molecule has 30 heavy (non-hydrogen) atoms. The molecular formula is C20H15BrCl2N4O2S. The molecule has 0 spiro atoms. The van der Waals surface area contributed by atoms with Crippen LogP contribution in [0.25, 0.3) is 22.6 Å². The number of nitrogens with zero attached hydrogens (tertiary/aromatic N) is 3. The van der Waals surface area contributed by atoms with Gasteiger partial charge in [0.15, 0.2) is 10.9 Å². The number of hydrogen-bond donors (Lipinski definition) is 1. The first-order chi connectivity index (χ1) is 14.4. The van der Waals surface area contributed by atoms with Crippen LogP contribution in [0, 0.1) is 0 Å². The Morgan fingerprint density at radius 2 is 2.03 bits per heavy atom. The van der Waals surface area contributed by atoms with Crippen molar-refractivity contribution in [2.24, 2.45) is 0 Å². The van der Waals surface area contributed by atoms with Crippen LogP contribution in [0.15, 0.2) is 56.5 Å². The van der Waals surface area contributed by atoms with Crippen LogP contribution in [0.2, 0.25) is 10.0 Å². The molecule has 6 nitrogen and oxygen atoms in total. The highest BCUT2D eigenvalue weighted by Gasteiger charge is 2.18. The molecule has 4 aromatic rings. The number of aromatic nitrogens is 3. The number of anilines is 1. The molecule has 0 unspecified atom stereocenters. The smallest absolute Gasteiger partial charge is 0.234 e. The highest BCUT2D eigenvalue weighted by molar-refractivity contribution is 9.10. The Kier molecular flexibility index (Phi) is 6.38. The summed E-state index contributed by atoms with van der Waals surface area (Å²) in [6, 6.07) is 12.6. The number of hydrogen-bond acceptors (Lipinski definition) is 5. The zero-order chi connectivity index (χ0) is 21.3. The predicted molar refractivity (Wildman–Crippen MR) is 124 cm³/mol. The van der Waals surface area contributed by atoms with Crippen molar-refractivity contribution in [2.75, 3.05) is 11.1 Å². The number of fused-ring (bicyclic) bond motifs is 1. The fourth-order valence-corrected chi connectivity index (χ4v) is 4.41. The number of benzene rings is 2. The van der Waals surface area contributed by atoms with Crippen LogP contribution in [0.3, 0.4) is 0 Å². The molecule has 0 aliphatic heterocycles. The minimum absolute atomic E-state index is 0.147. The van der Waals surface area contributed by atoms with Gasteiger partial charge >= 0.3 is 0 Å². The number of carbonyl (C=O) groups is 1. The minimum Gasteiger partial charge on any atom is -0.453 e. The Bertz CT molecular complexity index is 1240. The van der Waals surface area contributed by atoms with Gasteiger partial charge in [0.05, 0.1) is 16.5 Å². The van der Waals surface area contributed by atoms with E-state index in [0.717, 1.165) is 15.4 Å². The zero-order valence-electron chi connectivity index (χ0n) is 15.7. The summed E-state index contributed by atoms with van der Waals surface area (Å²) in [7, 11) is 0. The quantitative estimate of drug-likeness (QED) is 0.290. The molecule has 0 fully saturated rings. The molecule has 1 amide bonds. The first-order valence-corrected chi connectivity index (χ1v) is 11.5. The van der Waals surface area contributed by atoms with Crippen molar-refractivity contribution in [2.45, 2.75) is 18.6 Å². The third-order valence-electron chi connectivity index (χ3n) is 4.27. The summed E-state index contributed by atoms with van der Waals surface area (Å²) >= 11 is 16.8. The SMILES string of the molecule is CCn1c(SCC(=O)Nc2cc(Cl)ccc2Cl)nnc1-c1cc2cc(Br)ccc2o1. The molecule has 2 aromatic heterocycles. The maximum atomic E-state index is 12.4. The van der Waals surface area contributed by atoms with E-state index in [1.165, 1.54) is 11.8 Å². The highest BCUT2D eigenvalue weighted by Crippen LogP contribution is 2.31. The summed E-state index contributed by atoms with van der Waals surface area (Å²) in [6.07, 6.45) is 0. The van der Waals surface area contributed by atoms with Gasteiger partial charge < -0.3 is 9.73 Å². The van der Waals surface area contributed by atoms with Crippen LogP contribution in [0.1, 0.15) is 6.92 Å². The molecule has 0 saturated heterocycles. The van der Waals surface area contributed by atoms with Crippen molar-refractivity contribution in [3.8, 4) is 11.6 Å². The summed E-state index contributed by atoms with van der Waals surface area (Å²) in [5, 5.41) is 13.8.